The quantitative estimate of drug-likeness (QED) is 0.631. The molecule has 0 unspecified atom stereocenters. The molecule has 1 heterocycles. The van der Waals surface area contributed by atoms with E-state index in [-0.39, 0.29) is 11.8 Å². The first-order valence-corrected chi connectivity index (χ1v) is 7.19. The van der Waals surface area contributed by atoms with Gasteiger partial charge in [0.25, 0.3) is 0 Å². The smallest absolute Gasteiger partial charge is 0.240 e. The van der Waals surface area contributed by atoms with Crippen molar-refractivity contribution >= 4 is 23.2 Å². The first-order valence-electron chi connectivity index (χ1n) is 7.19. The van der Waals surface area contributed by atoms with Crippen molar-refractivity contribution in [2.75, 3.05) is 10.6 Å². The molecule has 1 aliphatic heterocycles. The highest BCUT2D eigenvalue weighted by atomic mass is 16.2. The van der Waals surface area contributed by atoms with Crippen LogP contribution in [-0.2, 0) is 9.59 Å². The third kappa shape index (κ3) is 1.74. The zero-order valence-corrected chi connectivity index (χ0v) is 12.0. The summed E-state index contributed by atoms with van der Waals surface area (Å²) in [4.78, 5) is 26.5. The number of nitrogens with two attached hydrogens (primary N) is 1. The third-order valence-corrected chi connectivity index (χ3v) is 4.78. The van der Waals surface area contributed by atoms with Gasteiger partial charge in [0.15, 0.2) is 0 Å². The van der Waals surface area contributed by atoms with Gasteiger partial charge in [0, 0.05) is 12.1 Å². The Hall–Kier alpha value is -1.84. The molecule has 2 fully saturated rings. The molecule has 2 amide bonds. The minimum atomic E-state index is -0.418. The Labute approximate surface area is 118 Å². The number of carbonyl (C=O) groups excluding carboxylic acids is 2. The van der Waals surface area contributed by atoms with E-state index in [1.165, 1.54) is 4.90 Å². The highest BCUT2D eigenvalue weighted by Crippen LogP contribution is 2.48. The van der Waals surface area contributed by atoms with Crippen LogP contribution in [0.4, 0.5) is 11.4 Å². The van der Waals surface area contributed by atoms with Gasteiger partial charge in [-0.25, -0.2) is 4.90 Å². The molecular weight excluding hydrogens is 252 g/mol. The maximum absolute atomic E-state index is 12.8. The molecule has 1 aliphatic carbocycles. The summed E-state index contributed by atoms with van der Waals surface area (Å²) in [7, 11) is 0. The molecule has 3 rings (SSSR count). The summed E-state index contributed by atoms with van der Waals surface area (Å²) >= 11 is 0. The summed E-state index contributed by atoms with van der Waals surface area (Å²) in [5, 5.41) is 0. The van der Waals surface area contributed by atoms with E-state index in [2.05, 4.69) is 0 Å². The molecule has 1 aromatic carbocycles. The zero-order chi connectivity index (χ0) is 14.5. The van der Waals surface area contributed by atoms with E-state index in [1.54, 1.807) is 0 Å². The lowest BCUT2D eigenvalue weighted by Gasteiger charge is -2.22. The average Bonchev–Trinajstić information content (AvgIpc) is 2.93. The van der Waals surface area contributed by atoms with Gasteiger partial charge < -0.3 is 5.73 Å². The number of amides is 2. The number of rotatable bonds is 1. The Balaban J connectivity index is 2.04. The normalized spacial score (nSPS) is 21.2. The third-order valence-electron chi connectivity index (χ3n) is 4.78. The number of nitrogen functional groups attached to an aromatic ring is 1. The van der Waals surface area contributed by atoms with Crippen molar-refractivity contribution < 1.29 is 9.59 Å². The molecule has 0 aromatic heterocycles. The summed E-state index contributed by atoms with van der Waals surface area (Å²) in [6, 6.07) is 3.69. The molecular formula is C16H20N2O2. The Morgan fingerprint density at radius 2 is 1.75 bits per heavy atom. The zero-order valence-electron chi connectivity index (χ0n) is 12.0. The lowest BCUT2D eigenvalue weighted by atomic mass is 9.84. The predicted octanol–water partition coefficient (Wildman–Crippen LogP) is 2.71. The van der Waals surface area contributed by atoms with Gasteiger partial charge in [0.05, 0.1) is 11.1 Å². The van der Waals surface area contributed by atoms with Crippen LogP contribution in [-0.4, -0.2) is 11.8 Å². The van der Waals surface area contributed by atoms with E-state index in [4.69, 9.17) is 5.73 Å². The Bertz CT molecular complexity index is 601. The number of carbonyl (C=O) groups is 2. The van der Waals surface area contributed by atoms with Crippen LogP contribution in [0.3, 0.4) is 0 Å². The van der Waals surface area contributed by atoms with Crippen molar-refractivity contribution in [1.29, 1.82) is 0 Å². The SMILES string of the molecule is Cc1cc(N2C(=O)CC3(CCCC3)C2=O)c(C)cc1N. The van der Waals surface area contributed by atoms with Crippen LogP contribution in [0, 0.1) is 19.3 Å². The summed E-state index contributed by atoms with van der Waals surface area (Å²) in [6.07, 6.45) is 4.16. The van der Waals surface area contributed by atoms with E-state index >= 15 is 0 Å². The first kappa shape index (κ1) is 13.2. The van der Waals surface area contributed by atoms with Crippen LogP contribution in [0.25, 0.3) is 0 Å². The number of imide groups is 1. The van der Waals surface area contributed by atoms with Crippen LogP contribution < -0.4 is 10.6 Å². The van der Waals surface area contributed by atoms with E-state index in [0.717, 1.165) is 36.8 Å². The van der Waals surface area contributed by atoms with Crippen molar-refractivity contribution in [3.63, 3.8) is 0 Å². The highest BCUT2D eigenvalue weighted by Gasteiger charge is 2.53. The second-order valence-electron chi connectivity index (χ2n) is 6.19. The molecule has 106 valence electrons. The Kier molecular flexibility index (Phi) is 2.85. The van der Waals surface area contributed by atoms with Gasteiger partial charge in [-0.2, -0.15) is 0 Å². The molecule has 20 heavy (non-hydrogen) atoms. The van der Waals surface area contributed by atoms with Gasteiger partial charge in [0.2, 0.25) is 11.8 Å². The van der Waals surface area contributed by atoms with Crippen molar-refractivity contribution in [2.24, 2.45) is 5.41 Å². The summed E-state index contributed by atoms with van der Waals surface area (Å²) in [6.45, 7) is 3.79. The van der Waals surface area contributed by atoms with Gasteiger partial charge >= 0.3 is 0 Å². The first-order chi connectivity index (χ1) is 9.44. The van der Waals surface area contributed by atoms with E-state index in [0.29, 0.717) is 17.8 Å². The number of aryl methyl sites for hydroxylation is 2. The van der Waals surface area contributed by atoms with E-state index < -0.39 is 5.41 Å². The molecule has 0 radical (unpaired) electrons. The lowest BCUT2D eigenvalue weighted by Crippen LogP contribution is -2.34. The van der Waals surface area contributed by atoms with Crippen LogP contribution >= 0.6 is 0 Å². The molecule has 1 aromatic rings. The fraction of sp³-hybridized carbons (Fsp3) is 0.500. The average molecular weight is 272 g/mol. The molecule has 1 saturated carbocycles. The Morgan fingerprint density at radius 1 is 1.10 bits per heavy atom. The summed E-state index contributed by atoms with van der Waals surface area (Å²) < 4.78 is 0. The van der Waals surface area contributed by atoms with Crippen LogP contribution in [0.2, 0.25) is 0 Å². The van der Waals surface area contributed by atoms with Gasteiger partial charge in [-0.05, 0) is 49.9 Å². The highest BCUT2D eigenvalue weighted by molar-refractivity contribution is 6.23. The van der Waals surface area contributed by atoms with Crippen LogP contribution in [0.5, 0.6) is 0 Å². The van der Waals surface area contributed by atoms with Gasteiger partial charge in [0.1, 0.15) is 0 Å². The van der Waals surface area contributed by atoms with Crippen LogP contribution in [0.15, 0.2) is 12.1 Å². The summed E-state index contributed by atoms with van der Waals surface area (Å²) in [5.74, 6) is -0.0727. The lowest BCUT2D eigenvalue weighted by molar-refractivity contribution is -0.125. The van der Waals surface area contributed by atoms with Gasteiger partial charge in [-0.1, -0.05) is 12.8 Å². The fourth-order valence-electron chi connectivity index (χ4n) is 3.54. The number of hydrogen-bond donors (Lipinski definition) is 1. The molecule has 1 spiro atoms. The standard InChI is InChI=1S/C16H20N2O2/c1-10-8-13(11(2)7-12(10)17)18-14(19)9-16(15(18)20)5-3-4-6-16/h7-8H,3-6,9,17H2,1-2H3. The molecule has 4 heteroatoms. The van der Waals surface area contributed by atoms with Crippen molar-refractivity contribution in [3.05, 3.63) is 23.3 Å². The number of benzene rings is 1. The van der Waals surface area contributed by atoms with Crippen molar-refractivity contribution in [3.8, 4) is 0 Å². The predicted molar refractivity (Wildman–Crippen MR) is 78.3 cm³/mol. The second kappa shape index (κ2) is 4.33. The van der Waals surface area contributed by atoms with Gasteiger partial charge in [-0.15, -0.1) is 0 Å². The number of nitrogens with zero attached hydrogens (tertiary/aromatic N) is 1. The number of hydrogen-bond acceptors (Lipinski definition) is 3. The maximum Gasteiger partial charge on any atom is 0.240 e. The van der Waals surface area contributed by atoms with E-state index in [1.807, 2.05) is 26.0 Å². The fourth-order valence-corrected chi connectivity index (χ4v) is 3.54. The van der Waals surface area contributed by atoms with Crippen molar-refractivity contribution in [1.82, 2.24) is 0 Å². The van der Waals surface area contributed by atoms with Gasteiger partial charge in [-0.3, -0.25) is 9.59 Å². The largest absolute Gasteiger partial charge is 0.399 e. The monoisotopic (exact) mass is 272 g/mol. The molecule has 0 atom stereocenters. The molecule has 0 bridgehead atoms. The topological polar surface area (TPSA) is 63.4 Å². The second-order valence-corrected chi connectivity index (χ2v) is 6.19. The molecule has 1 saturated heterocycles. The summed E-state index contributed by atoms with van der Waals surface area (Å²) in [5.41, 5.74) is 8.65. The van der Waals surface area contributed by atoms with E-state index in [9.17, 15) is 9.59 Å². The van der Waals surface area contributed by atoms with Crippen LogP contribution in [0.1, 0.15) is 43.2 Å². The Morgan fingerprint density at radius 3 is 2.40 bits per heavy atom. The maximum atomic E-state index is 12.8. The minimum Gasteiger partial charge on any atom is -0.399 e. The van der Waals surface area contributed by atoms with Crippen molar-refractivity contribution in [2.45, 2.75) is 46.0 Å². The number of anilines is 2. The molecule has 2 aliphatic rings. The minimum absolute atomic E-state index is 0.00716. The molecule has 4 nitrogen and oxygen atoms in total. The molecule has 2 N–H and O–H groups in total.